The Labute approximate surface area is 121 Å². The first-order chi connectivity index (χ1) is 10.1. The molecule has 21 heavy (non-hydrogen) atoms. The van der Waals surface area contributed by atoms with Gasteiger partial charge in [-0.1, -0.05) is 0 Å². The van der Waals surface area contributed by atoms with Crippen molar-refractivity contribution in [2.45, 2.75) is 19.3 Å². The second-order valence-electron chi connectivity index (χ2n) is 5.87. The van der Waals surface area contributed by atoms with Gasteiger partial charge in [0.15, 0.2) is 0 Å². The van der Waals surface area contributed by atoms with Crippen molar-refractivity contribution in [2.75, 3.05) is 5.32 Å². The van der Waals surface area contributed by atoms with Crippen LogP contribution in [-0.4, -0.2) is 20.9 Å². The molecule has 0 aliphatic carbocycles. The van der Waals surface area contributed by atoms with E-state index in [2.05, 4.69) is 32.4 Å². The third-order valence-corrected chi connectivity index (χ3v) is 4.12. The first kappa shape index (κ1) is 12.1. The van der Waals surface area contributed by atoms with Gasteiger partial charge in [-0.2, -0.15) is 0 Å². The van der Waals surface area contributed by atoms with Crippen LogP contribution in [-0.2, 0) is 10.2 Å². The number of fused-ring (bicyclic) bond motifs is 2. The number of benzene rings is 1. The number of amides is 1. The molecule has 0 saturated carbocycles. The smallest absolute Gasteiger partial charge is 0.234 e. The lowest BCUT2D eigenvalue weighted by atomic mass is 9.86. The number of H-pyrrole nitrogens is 1. The standard InChI is InChI=1S/C16H14N4O/c1-16(2)11-3-9-4-12(10-6-17-8-18-7-10)19-13(9)5-14(11)20-15(16)21/h3-8,19H,1-2H3,(H,20,21). The molecule has 2 aromatic heterocycles. The second kappa shape index (κ2) is 3.91. The van der Waals surface area contributed by atoms with Crippen molar-refractivity contribution in [3.63, 3.8) is 0 Å². The minimum Gasteiger partial charge on any atom is -0.354 e. The third-order valence-electron chi connectivity index (χ3n) is 4.12. The Hall–Kier alpha value is -2.69. The van der Waals surface area contributed by atoms with Crippen molar-refractivity contribution in [3.05, 3.63) is 42.5 Å². The Morgan fingerprint density at radius 3 is 2.62 bits per heavy atom. The maximum absolute atomic E-state index is 12.0. The van der Waals surface area contributed by atoms with Gasteiger partial charge in [0.2, 0.25) is 5.91 Å². The van der Waals surface area contributed by atoms with Crippen LogP contribution < -0.4 is 5.32 Å². The van der Waals surface area contributed by atoms with Crippen LogP contribution in [0.3, 0.4) is 0 Å². The molecule has 0 bridgehead atoms. The zero-order chi connectivity index (χ0) is 14.6. The maximum atomic E-state index is 12.0. The molecule has 0 radical (unpaired) electrons. The highest BCUT2D eigenvalue weighted by Gasteiger charge is 2.38. The highest BCUT2D eigenvalue weighted by atomic mass is 16.2. The number of aromatic nitrogens is 3. The summed E-state index contributed by atoms with van der Waals surface area (Å²) in [5.74, 6) is 0.0434. The Morgan fingerprint density at radius 2 is 1.86 bits per heavy atom. The lowest BCUT2D eigenvalue weighted by Gasteiger charge is -2.14. The fraction of sp³-hybridized carbons (Fsp3) is 0.188. The number of aromatic amines is 1. The monoisotopic (exact) mass is 278 g/mol. The first-order valence-corrected chi connectivity index (χ1v) is 6.80. The molecule has 0 spiro atoms. The van der Waals surface area contributed by atoms with E-state index in [4.69, 9.17) is 0 Å². The van der Waals surface area contributed by atoms with Crippen molar-refractivity contribution < 1.29 is 4.79 Å². The van der Waals surface area contributed by atoms with E-state index in [0.29, 0.717) is 0 Å². The molecule has 2 N–H and O–H groups in total. The first-order valence-electron chi connectivity index (χ1n) is 6.80. The van der Waals surface area contributed by atoms with Gasteiger partial charge in [-0.25, -0.2) is 9.97 Å². The van der Waals surface area contributed by atoms with Gasteiger partial charge < -0.3 is 10.3 Å². The van der Waals surface area contributed by atoms with E-state index < -0.39 is 5.41 Å². The molecular formula is C16H14N4O. The summed E-state index contributed by atoms with van der Waals surface area (Å²) < 4.78 is 0. The van der Waals surface area contributed by atoms with Crippen LogP contribution in [0, 0.1) is 0 Å². The summed E-state index contributed by atoms with van der Waals surface area (Å²) in [4.78, 5) is 23.4. The number of rotatable bonds is 1. The predicted molar refractivity (Wildman–Crippen MR) is 81.0 cm³/mol. The lowest BCUT2D eigenvalue weighted by Crippen LogP contribution is -2.26. The molecule has 0 unspecified atom stereocenters. The fourth-order valence-electron chi connectivity index (χ4n) is 2.80. The third kappa shape index (κ3) is 1.67. The molecule has 4 rings (SSSR count). The van der Waals surface area contributed by atoms with Crippen molar-refractivity contribution >= 4 is 22.5 Å². The number of nitrogens with zero attached hydrogens (tertiary/aromatic N) is 2. The normalized spacial score (nSPS) is 16.0. The van der Waals surface area contributed by atoms with Crippen molar-refractivity contribution in [2.24, 2.45) is 0 Å². The molecule has 1 aliphatic heterocycles. The maximum Gasteiger partial charge on any atom is 0.234 e. The Morgan fingerprint density at radius 1 is 1.10 bits per heavy atom. The molecule has 0 fully saturated rings. The number of nitrogens with one attached hydrogen (secondary N) is 2. The van der Waals surface area contributed by atoms with Crippen LogP contribution in [0.2, 0.25) is 0 Å². The zero-order valence-corrected chi connectivity index (χ0v) is 11.8. The summed E-state index contributed by atoms with van der Waals surface area (Å²) in [5.41, 5.74) is 4.34. The van der Waals surface area contributed by atoms with Crippen LogP contribution in [0.25, 0.3) is 22.2 Å². The highest BCUT2D eigenvalue weighted by Crippen LogP contribution is 2.40. The van der Waals surface area contributed by atoms with E-state index in [0.717, 1.165) is 33.4 Å². The van der Waals surface area contributed by atoms with Crippen molar-refractivity contribution in [3.8, 4) is 11.3 Å². The summed E-state index contributed by atoms with van der Waals surface area (Å²) >= 11 is 0. The van der Waals surface area contributed by atoms with Gasteiger partial charge in [0.05, 0.1) is 5.41 Å². The van der Waals surface area contributed by atoms with Gasteiger partial charge in [-0.3, -0.25) is 4.79 Å². The van der Waals surface area contributed by atoms with Crippen LogP contribution in [0.1, 0.15) is 19.4 Å². The van der Waals surface area contributed by atoms with Gasteiger partial charge in [0.1, 0.15) is 6.33 Å². The lowest BCUT2D eigenvalue weighted by molar-refractivity contribution is -0.119. The number of hydrogen-bond donors (Lipinski definition) is 2. The number of carbonyl (C=O) groups is 1. The summed E-state index contributed by atoms with van der Waals surface area (Å²) in [7, 11) is 0. The van der Waals surface area contributed by atoms with E-state index in [-0.39, 0.29) is 5.91 Å². The SMILES string of the molecule is CC1(C)C(=O)Nc2cc3[nH]c(-c4cncnc4)cc3cc21. The zero-order valence-electron chi connectivity index (χ0n) is 11.8. The Kier molecular flexibility index (Phi) is 2.25. The van der Waals surface area contributed by atoms with Crippen molar-refractivity contribution in [1.82, 2.24) is 15.0 Å². The molecule has 104 valence electrons. The topological polar surface area (TPSA) is 70.7 Å². The second-order valence-corrected chi connectivity index (χ2v) is 5.87. The highest BCUT2D eigenvalue weighted by molar-refractivity contribution is 6.08. The number of anilines is 1. The van der Waals surface area contributed by atoms with Crippen molar-refractivity contribution in [1.29, 1.82) is 0 Å². The van der Waals surface area contributed by atoms with E-state index in [1.54, 1.807) is 12.4 Å². The summed E-state index contributed by atoms with van der Waals surface area (Å²) in [6.07, 6.45) is 5.06. The van der Waals surface area contributed by atoms with Crippen LogP contribution in [0.4, 0.5) is 5.69 Å². The average molecular weight is 278 g/mol. The van der Waals surface area contributed by atoms with E-state index in [1.807, 2.05) is 19.9 Å². The molecule has 3 heterocycles. The van der Waals surface area contributed by atoms with E-state index in [9.17, 15) is 4.79 Å². The largest absolute Gasteiger partial charge is 0.354 e. The Balaban J connectivity index is 1.90. The summed E-state index contributed by atoms with van der Waals surface area (Å²) in [6.45, 7) is 3.89. The molecule has 5 heteroatoms. The average Bonchev–Trinajstić information content (AvgIpc) is 2.98. The predicted octanol–water partition coefficient (Wildman–Crippen LogP) is 2.85. The van der Waals surface area contributed by atoms with Crippen LogP contribution in [0.15, 0.2) is 36.9 Å². The van der Waals surface area contributed by atoms with Gasteiger partial charge >= 0.3 is 0 Å². The molecule has 0 atom stereocenters. The molecule has 1 amide bonds. The minimum absolute atomic E-state index is 0.0434. The minimum atomic E-state index is -0.489. The molecule has 0 saturated heterocycles. The number of hydrogen-bond acceptors (Lipinski definition) is 3. The van der Waals surface area contributed by atoms with Crippen LogP contribution in [0.5, 0.6) is 0 Å². The number of carbonyl (C=O) groups excluding carboxylic acids is 1. The van der Waals surface area contributed by atoms with Gasteiger partial charge in [0.25, 0.3) is 0 Å². The van der Waals surface area contributed by atoms with E-state index in [1.165, 1.54) is 6.33 Å². The summed E-state index contributed by atoms with van der Waals surface area (Å²) in [5, 5.41) is 4.03. The molecule has 3 aromatic rings. The molecule has 5 nitrogen and oxygen atoms in total. The fourth-order valence-corrected chi connectivity index (χ4v) is 2.80. The molecule has 1 aromatic carbocycles. The summed E-state index contributed by atoms with van der Waals surface area (Å²) in [6, 6.07) is 6.13. The molecular weight excluding hydrogens is 264 g/mol. The van der Waals surface area contributed by atoms with Crippen LogP contribution >= 0.6 is 0 Å². The van der Waals surface area contributed by atoms with Gasteiger partial charge in [-0.15, -0.1) is 0 Å². The van der Waals surface area contributed by atoms with Gasteiger partial charge in [0, 0.05) is 40.2 Å². The Bertz CT molecular complexity index is 865. The van der Waals surface area contributed by atoms with E-state index >= 15 is 0 Å². The van der Waals surface area contributed by atoms with Gasteiger partial charge in [-0.05, 0) is 37.6 Å². The quantitative estimate of drug-likeness (QED) is 0.719. The molecule has 1 aliphatic rings.